The van der Waals surface area contributed by atoms with Gasteiger partial charge in [0.05, 0.1) is 5.84 Å². The molecule has 13 heavy (non-hydrogen) atoms. The minimum absolute atomic E-state index is 0.266. The van der Waals surface area contributed by atoms with Crippen LogP contribution in [-0.4, -0.2) is 5.84 Å². The highest BCUT2D eigenvalue weighted by Gasteiger charge is 2.04. The normalized spacial score (nSPS) is 11.8. The number of hydrogen-bond donors (Lipinski definition) is 1. The largest absolute Gasteiger partial charge is 0.387 e. The minimum atomic E-state index is -0.370. The maximum absolute atomic E-state index is 13.2. The zero-order chi connectivity index (χ0) is 9.84. The Bertz CT molecular complexity index is 316. The van der Waals surface area contributed by atoms with Crippen LogP contribution in [0.1, 0.15) is 13.3 Å². The van der Waals surface area contributed by atoms with Gasteiger partial charge in [0.15, 0.2) is 0 Å². The average molecular weight is 245 g/mol. The average Bonchev–Trinajstić information content (AvgIpc) is 2.11. The number of para-hydroxylation sites is 1. The van der Waals surface area contributed by atoms with Crippen LogP contribution < -0.4 is 5.73 Å². The molecule has 2 N–H and O–H groups in total. The van der Waals surface area contributed by atoms with Crippen molar-refractivity contribution in [1.29, 1.82) is 0 Å². The van der Waals surface area contributed by atoms with E-state index in [1.807, 2.05) is 6.92 Å². The van der Waals surface area contributed by atoms with Gasteiger partial charge >= 0.3 is 0 Å². The third-order valence-electron chi connectivity index (χ3n) is 1.56. The molecule has 4 heteroatoms. The Morgan fingerprint density at radius 1 is 1.62 bits per heavy atom. The molecule has 0 spiro atoms. The number of nitrogens with zero attached hydrogens (tertiary/aromatic N) is 1. The van der Waals surface area contributed by atoms with E-state index in [1.165, 1.54) is 6.07 Å². The summed E-state index contributed by atoms with van der Waals surface area (Å²) in [5.74, 6) is 0.0524. The van der Waals surface area contributed by atoms with Crippen LogP contribution in [0.5, 0.6) is 0 Å². The van der Waals surface area contributed by atoms with Crippen LogP contribution in [0.3, 0.4) is 0 Å². The van der Waals surface area contributed by atoms with Crippen molar-refractivity contribution < 1.29 is 4.39 Å². The molecule has 0 aliphatic rings. The monoisotopic (exact) mass is 244 g/mol. The molecule has 0 saturated heterocycles. The number of hydrogen-bond acceptors (Lipinski definition) is 1. The van der Waals surface area contributed by atoms with Crippen molar-refractivity contribution in [1.82, 2.24) is 0 Å². The SMILES string of the molecule is CCC(N)=Nc1c(F)cccc1Br. The topological polar surface area (TPSA) is 38.4 Å². The summed E-state index contributed by atoms with van der Waals surface area (Å²) in [7, 11) is 0. The molecule has 2 nitrogen and oxygen atoms in total. The molecule has 0 aliphatic carbocycles. The maximum atomic E-state index is 13.2. The van der Waals surface area contributed by atoms with Crippen LogP contribution in [-0.2, 0) is 0 Å². The number of halogens is 2. The van der Waals surface area contributed by atoms with Crippen molar-refractivity contribution in [3.63, 3.8) is 0 Å². The molecular formula is C9H10BrFN2. The van der Waals surface area contributed by atoms with E-state index in [4.69, 9.17) is 5.73 Å². The Kier molecular flexibility index (Phi) is 3.42. The van der Waals surface area contributed by atoms with Crippen molar-refractivity contribution in [3.05, 3.63) is 28.5 Å². The summed E-state index contributed by atoms with van der Waals surface area (Å²) in [5, 5.41) is 0. The Hall–Kier alpha value is -0.900. The van der Waals surface area contributed by atoms with Crippen molar-refractivity contribution in [2.45, 2.75) is 13.3 Å². The lowest BCUT2D eigenvalue weighted by molar-refractivity contribution is 0.629. The lowest BCUT2D eigenvalue weighted by atomic mass is 10.3. The third-order valence-corrected chi connectivity index (χ3v) is 2.20. The molecule has 1 aromatic carbocycles. The van der Waals surface area contributed by atoms with E-state index in [1.54, 1.807) is 12.1 Å². The number of nitrogens with two attached hydrogens (primary N) is 1. The molecule has 0 fully saturated rings. The molecule has 0 bridgehead atoms. The second-order valence-corrected chi connectivity index (χ2v) is 3.38. The number of rotatable bonds is 2. The Labute approximate surface area is 84.8 Å². The first-order chi connectivity index (χ1) is 6.15. The van der Waals surface area contributed by atoms with Gasteiger partial charge in [-0.3, -0.25) is 0 Å². The van der Waals surface area contributed by atoms with E-state index in [9.17, 15) is 4.39 Å². The summed E-state index contributed by atoms with van der Waals surface area (Å²) in [6.07, 6.45) is 0.612. The molecule has 0 atom stereocenters. The van der Waals surface area contributed by atoms with Gasteiger partial charge in [-0.2, -0.15) is 0 Å². The first-order valence-corrected chi connectivity index (χ1v) is 4.71. The van der Waals surface area contributed by atoms with E-state index >= 15 is 0 Å². The predicted octanol–water partition coefficient (Wildman–Crippen LogP) is 2.99. The summed E-state index contributed by atoms with van der Waals surface area (Å²) < 4.78 is 13.8. The van der Waals surface area contributed by atoms with Gasteiger partial charge in [0, 0.05) is 10.9 Å². The van der Waals surface area contributed by atoms with Crippen LogP contribution in [0, 0.1) is 5.82 Å². The van der Waals surface area contributed by atoms with Gasteiger partial charge in [0.1, 0.15) is 11.5 Å². The molecule has 0 radical (unpaired) electrons. The van der Waals surface area contributed by atoms with Gasteiger partial charge in [-0.15, -0.1) is 0 Å². The summed E-state index contributed by atoms with van der Waals surface area (Å²) in [6.45, 7) is 1.87. The second-order valence-electron chi connectivity index (χ2n) is 2.53. The van der Waals surface area contributed by atoms with Crippen LogP contribution in [0.4, 0.5) is 10.1 Å². The molecule has 0 saturated carbocycles. The van der Waals surface area contributed by atoms with E-state index in [0.717, 1.165) is 0 Å². The molecule has 0 amide bonds. The standard InChI is InChI=1S/C9H10BrFN2/c1-2-8(12)13-9-6(10)4-3-5-7(9)11/h3-5H,2H2,1H3,(H2,12,13). The molecule has 70 valence electrons. The fourth-order valence-corrected chi connectivity index (χ4v) is 1.25. The van der Waals surface area contributed by atoms with Gasteiger partial charge in [0.25, 0.3) is 0 Å². The predicted molar refractivity (Wildman–Crippen MR) is 55.7 cm³/mol. The van der Waals surface area contributed by atoms with E-state index in [-0.39, 0.29) is 11.5 Å². The van der Waals surface area contributed by atoms with Gasteiger partial charge in [-0.05, 0) is 28.1 Å². The lowest BCUT2D eigenvalue weighted by Gasteiger charge is -2.01. The first-order valence-electron chi connectivity index (χ1n) is 3.92. The zero-order valence-corrected chi connectivity index (χ0v) is 8.81. The van der Waals surface area contributed by atoms with Crippen LogP contribution in [0.25, 0.3) is 0 Å². The van der Waals surface area contributed by atoms with Crippen molar-refractivity contribution in [3.8, 4) is 0 Å². The number of benzene rings is 1. The van der Waals surface area contributed by atoms with Gasteiger partial charge in [-0.1, -0.05) is 13.0 Å². The fourth-order valence-electron chi connectivity index (χ4n) is 0.818. The number of amidine groups is 1. The zero-order valence-electron chi connectivity index (χ0n) is 7.22. The highest BCUT2D eigenvalue weighted by molar-refractivity contribution is 9.10. The molecule has 1 rings (SSSR count). The Balaban J connectivity index is 3.14. The summed E-state index contributed by atoms with van der Waals surface area (Å²) in [4.78, 5) is 3.95. The molecular weight excluding hydrogens is 235 g/mol. The summed E-state index contributed by atoms with van der Waals surface area (Å²) in [6, 6.07) is 4.69. The highest BCUT2D eigenvalue weighted by atomic mass is 79.9. The Morgan fingerprint density at radius 3 is 2.85 bits per heavy atom. The van der Waals surface area contributed by atoms with Gasteiger partial charge in [-0.25, -0.2) is 9.38 Å². The fraction of sp³-hybridized carbons (Fsp3) is 0.222. The van der Waals surface area contributed by atoms with Crippen LogP contribution >= 0.6 is 15.9 Å². The van der Waals surface area contributed by atoms with Crippen LogP contribution in [0.15, 0.2) is 27.7 Å². The number of aliphatic imine (C=N–C) groups is 1. The lowest BCUT2D eigenvalue weighted by Crippen LogP contribution is -2.08. The smallest absolute Gasteiger partial charge is 0.150 e. The van der Waals surface area contributed by atoms with E-state index in [0.29, 0.717) is 16.7 Å². The summed E-state index contributed by atoms with van der Waals surface area (Å²) in [5.41, 5.74) is 5.77. The molecule has 0 aliphatic heterocycles. The van der Waals surface area contributed by atoms with Gasteiger partial charge in [0.2, 0.25) is 0 Å². The minimum Gasteiger partial charge on any atom is -0.387 e. The molecule has 1 aromatic rings. The molecule has 0 heterocycles. The Morgan fingerprint density at radius 2 is 2.31 bits per heavy atom. The van der Waals surface area contributed by atoms with Gasteiger partial charge < -0.3 is 5.73 Å². The first kappa shape index (κ1) is 10.2. The second kappa shape index (κ2) is 4.37. The molecule has 0 unspecified atom stereocenters. The molecule has 0 aromatic heterocycles. The van der Waals surface area contributed by atoms with E-state index < -0.39 is 0 Å². The van der Waals surface area contributed by atoms with Crippen molar-refractivity contribution in [2.24, 2.45) is 10.7 Å². The quantitative estimate of drug-likeness (QED) is 0.631. The van der Waals surface area contributed by atoms with E-state index in [2.05, 4.69) is 20.9 Å². The summed E-state index contributed by atoms with van der Waals surface area (Å²) >= 11 is 3.20. The van der Waals surface area contributed by atoms with Crippen molar-refractivity contribution in [2.75, 3.05) is 0 Å². The highest BCUT2D eigenvalue weighted by Crippen LogP contribution is 2.27. The van der Waals surface area contributed by atoms with Crippen molar-refractivity contribution >= 4 is 27.5 Å². The third kappa shape index (κ3) is 2.52. The van der Waals surface area contributed by atoms with Crippen LogP contribution in [0.2, 0.25) is 0 Å². The maximum Gasteiger partial charge on any atom is 0.150 e.